The molecule has 2 heteroatoms. The van der Waals surface area contributed by atoms with Crippen LogP contribution in [0, 0.1) is 0 Å². The first-order chi connectivity index (χ1) is 4.88. The molecule has 0 unspecified atom stereocenters. The van der Waals surface area contributed by atoms with Crippen molar-refractivity contribution in [2.75, 3.05) is 0 Å². The van der Waals surface area contributed by atoms with Crippen molar-refractivity contribution in [3.8, 4) is 0 Å². The van der Waals surface area contributed by atoms with E-state index in [9.17, 15) is 0 Å². The van der Waals surface area contributed by atoms with Crippen molar-refractivity contribution in [1.82, 2.24) is 0 Å². The van der Waals surface area contributed by atoms with Crippen LogP contribution >= 0.6 is 18.5 Å². The van der Waals surface area contributed by atoms with Crippen LogP contribution in [-0.2, 0) is 0 Å². The van der Waals surface area contributed by atoms with E-state index < -0.39 is 0 Å². The van der Waals surface area contributed by atoms with E-state index in [2.05, 4.69) is 17.9 Å². The highest BCUT2D eigenvalue weighted by molar-refractivity contribution is 8.01. The number of rotatable bonds is 1. The van der Waals surface area contributed by atoms with Gasteiger partial charge in [-0.05, 0) is 11.4 Å². The van der Waals surface area contributed by atoms with Gasteiger partial charge in [-0.15, -0.1) is 0 Å². The van der Waals surface area contributed by atoms with Gasteiger partial charge in [0.15, 0.2) is 0 Å². The summed E-state index contributed by atoms with van der Waals surface area (Å²) in [6.45, 7) is 0. The Morgan fingerprint density at radius 3 is 2.20 bits per heavy atom. The van der Waals surface area contributed by atoms with Gasteiger partial charge in [0.2, 0.25) is 0 Å². The maximum Gasteiger partial charge on any atom is 0.0464 e. The third kappa shape index (κ3) is 1.10. The fraction of sp³-hybridized carbons (Fsp3) is 0. The monoisotopic (exact) mass is 168 g/mol. The van der Waals surface area contributed by atoms with E-state index in [1.54, 1.807) is 0 Å². The largest absolute Gasteiger partial charge is 0.0864 e. The second-order valence-electron chi connectivity index (χ2n) is 2.19. The standard InChI is InChI=1S/C8H6ClP/c9-10-6-8(10)7-4-2-1-3-5-7/h1-6H/t10-/m0/s1. The lowest BCUT2D eigenvalue weighted by atomic mass is 10.2. The first kappa shape index (κ1) is 6.39. The summed E-state index contributed by atoms with van der Waals surface area (Å²) in [6, 6.07) is 10.3. The molecule has 0 bridgehead atoms. The van der Waals surface area contributed by atoms with Crippen molar-refractivity contribution in [2.24, 2.45) is 0 Å². The van der Waals surface area contributed by atoms with Crippen LogP contribution in [0.5, 0.6) is 0 Å². The third-order valence-electron chi connectivity index (χ3n) is 1.47. The van der Waals surface area contributed by atoms with E-state index in [0.29, 0.717) is 0 Å². The van der Waals surface area contributed by atoms with Gasteiger partial charge in [-0.3, -0.25) is 0 Å². The van der Waals surface area contributed by atoms with Gasteiger partial charge in [0.05, 0.1) is 0 Å². The Bertz CT molecular complexity index is 266. The zero-order valence-corrected chi connectivity index (χ0v) is 6.94. The van der Waals surface area contributed by atoms with Crippen LogP contribution in [0.2, 0.25) is 0 Å². The maximum atomic E-state index is 5.86. The molecule has 50 valence electrons. The first-order valence-corrected chi connectivity index (χ1v) is 5.42. The Labute approximate surface area is 66.1 Å². The molecule has 0 aliphatic carbocycles. The molecule has 1 heterocycles. The molecule has 1 aromatic rings. The molecule has 1 atom stereocenters. The van der Waals surface area contributed by atoms with Crippen LogP contribution in [0.1, 0.15) is 5.56 Å². The normalized spacial score (nSPS) is 22.1. The summed E-state index contributed by atoms with van der Waals surface area (Å²) in [5, 5.41) is 1.33. The van der Waals surface area contributed by atoms with Gasteiger partial charge in [0.1, 0.15) is 0 Å². The van der Waals surface area contributed by atoms with Gasteiger partial charge in [0.25, 0.3) is 0 Å². The van der Waals surface area contributed by atoms with Crippen molar-refractivity contribution >= 4 is 23.8 Å². The molecule has 2 rings (SSSR count). The highest BCUT2D eigenvalue weighted by atomic mass is 35.7. The minimum atomic E-state index is -0.346. The fourth-order valence-corrected chi connectivity index (χ4v) is 2.55. The quantitative estimate of drug-likeness (QED) is 0.562. The van der Waals surface area contributed by atoms with Crippen LogP contribution in [-0.4, -0.2) is 0 Å². The van der Waals surface area contributed by atoms with E-state index in [0.717, 1.165) is 0 Å². The van der Waals surface area contributed by atoms with E-state index in [4.69, 9.17) is 11.2 Å². The molecule has 10 heavy (non-hydrogen) atoms. The number of hydrogen-bond acceptors (Lipinski definition) is 0. The van der Waals surface area contributed by atoms with E-state index >= 15 is 0 Å². The second-order valence-corrected chi connectivity index (χ2v) is 4.65. The zero-order valence-electron chi connectivity index (χ0n) is 5.29. The van der Waals surface area contributed by atoms with E-state index in [-0.39, 0.29) is 7.27 Å². The van der Waals surface area contributed by atoms with Crippen LogP contribution in [0.15, 0.2) is 36.1 Å². The smallest absolute Gasteiger partial charge is 0.0464 e. The summed E-state index contributed by atoms with van der Waals surface area (Å²) in [5.74, 6) is 2.12. The molecule has 1 aromatic carbocycles. The number of halogens is 1. The second kappa shape index (κ2) is 2.38. The molecule has 1 aliphatic rings. The molecule has 0 aromatic heterocycles. The minimum Gasteiger partial charge on any atom is -0.0864 e. The summed E-state index contributed by atoms with van der Waals surface area (Å²) in [7, 11) is -0.346. The third-order valence-corrected chi connectivity index (χ3v) is 3.36. The lowest BCUT2D eigenvalue weighted by molar-refractivity contribution is 1.66. The molecule has 0 saturated carbocycles. The maximum absolute atomic E-state index is 5.86. The average molecular weight is 169 g/mol. The van der Waals surface area contributed by atoms with Crippen molar-refractivity contribution < 1.29 is 0 Å². The topological polar surface area (TPSA) is 0 Å². The predicted molar refractivity (Wildman–Crippen MR) is 47.2 cm³/mol. The molecule has 0 nitrogen and oxygen atoms in total. The van der Waals surface area contributed by atoms with Gasteiger partial charge in [-0.2, -0.15) is 0 Å². The van der Waals surface area contributed by atoms with E-state index in [1.165, 1.54) is 10.9 Å². The van der Waals surface area contributed by atoms with Crippen molar-refractivity contribution in [1.29, 1.82) is 0 Å². The van der Waals surface area contributed by atoms with Crippen LogP contribution in [0.25, 0.3) is 5.31 Å². The SMILES string of the molecule is Cl[P@@]1C=C1c1ccccc1. The number of hydrogen-bond donors (Lipinski definition) is 0. The molecule has 0 N–H and O–H groups in total. The highest BCUT2D eigenvalue weighted by Gasteiger charge is 2.22. The van der Waals surface area contributed by atoms with Crippen molar-refractivity contribution in [3.05, 3.63) is 41.7 Å². The van der Waals surface area contributed by atoms with Gasteiger partial charge < -0.3 is 0 Å². The summed E-state index contributed by atoms with van der Waals surface area (Å²) in [6.07, 6.45) is 0. The molecule has 0 saturated heterocycles. The van der Waals surface area contributed by atoms with Gasteiger partial charge >= 0.3 is 0 Å². The molecule has 0 amide bonds. The Balaban J connectivity index is 2.29. The van der Waals surface area contributed by atoms with Crippen LogP contribution in [0.4, 0.5) is 0 Å². The van der Waals surface area contributed by atoms with Gasteiger partial charge in [-0.1, -0.05) is 41.6 Å². The lowest BCUT2D eigenvalue weighted by Crippen LogP contribution is -1.67. The fourth-order valence-electron chi connectivity index (χ4n) is 0.885. The molecule has 0 fully saturated rings. The van der Waals surface area contributed by atoms with Crippen molar-refractivity contribution in [2.45, 2.75) is 0 Å². The minimum absolute atomic E-state index is 0.346. The lowest BCUT2D eigenvalue weighted by Gasteiger charge is -1.91. The highest BCUT2D eigenvalue weighted by Crippen LogP contribution is 2.70. The van der Waals surface area contributed by atoms with Gasteiger partial charge in [-0.25, -0.2) is 0 Å². The Hall–Kier alpha value is -0.320. The Morgan fingerprint density at radius 1 is 1.10 bits per heavy atom. The first-order valence-electron chi connectivity index (χ1n) is 3.10. The Morgan fingerprint density at radius 2 is 1.70 bits per heavy atom. The molecule has 0 radical (unpaired) electrons. The molecular formula is C8H6ClP. The molecule has 1 aliphatic heterocycles. The number of benzene rings is 1. The van der Waals surface area contributed by atoms with Crippen LogP contribution < -0.4 is 0 Å². The Kier molecular flexibility index (Phi) is 1.52. The molecule has 0 spiro atoms. The predicted octanol–water partition coefficient (Wildman–Crippen LogP) is 3.63. The summed E-state index contributed by atoms with van der Waals surface area (Å²) < 4.78 is 0. The summed E-state index contributed by atoms with van der Waals surface area (Å²) >= 11 is 5.86. The average Bonchev–Trinajstić information content (AvgIpc) is 2.69. The van der Waals surface area contributed by atoms with Gasteiger partial charge in [0, 0.05) is 12.6 Å². The van der Waals surface area contributed by atoms with Crippen molar-refractivity contribution in [3.63, 3.8) is 0 Å². The van der Waals surface area contributed by atoms with E-state index in [1.807, 2.05) is 18.2 Å². The summed E-state index contributed by atoms with van der Waals surface area (Å²) in [4.78, 5) is 0. The molecular weight excluding hydrogens is 163 g/mol. The summed E-state index contributed by atoms with van der Waals surface area (Å²) in [5.41, 5.74) is 1.28. The zero-order chi connectivity index (χ0) is 6.97. The van der Waals surface area contributed by atoms with Crippen LogP contribution in [0.3, 0.4) is 0 Å².